The van der Waals surface area contributed by atoms with Gasteiger partial charge in [0.15, 0.2) is 5.25 Å². The topological polar surface area (TPSA) is 98.5 Å². The van der Waals surface area contributed by atoms with Crippen molar-refractivity contribution in [1.82, 2.24) is 0 Å². The number of carbonyl (C=O) groups is 1. The Bertz CT molecular complexity index is 513. The molecule has 17 heavy (non-hydrogen) atoms. The average Bonchev–Trinajstić information content (AvgIpc) is 2.30. The minimum atomic E-state index is -3.85. The molecular weight excluding hydrogens is 244 g/mol. The monoisotopic (exact) mass is 258 g/mol. The number of anilines is 2. The van der Waals surface area contributed by atoms with Gasteiger partial charge in [0.05, 0.1) is 18.5 Å². The van der Waals surface area contributed by atoms with Crippen molar-refractivity contribution in [3.05, 3.63) is 24.3 Å². The summed E-state index contributed by atoms with van der Waals surface area (Å²) in [6.07, 6.45) is 0. The van der Waals surface area contributed by atoms with Gasteiger partial charge in [-0.2, -0.15) is 0 Å². The van der Waals surface area contributed by atoms with E-state index in [0.29, 0.717) is 0 Å². The number of rotatable bonds is 4. The molecule has 0 amide bonds. The normalized spacial score (nSPS) is 12.8. The summed E-state index contributed by atoms with van der Waals surface area (Å²) in [4.78, 5) is 11.2. The van der Waals surface area contributed by atoms with Crippen molar-refractivity contribution >= 4 is 27.4 Å². The molecule has 0 fully saturated rings. The van der Waals surface area contributed by atoms with Crippen LogP contribution in [0.5, 0.6) is 0 Å². The van der Waals surface area contributed by atoms with Gasteiger partial charge in [-0.15, -0.1) is 0 Å². The fourth-order valence-electron chi connectivity index (χ4n) is 1.12. The predicted molar refractivity (Wildman–Crippen MR) is 64.9 cm³/mol. The molecule has 0 aliphatic heterocycles. The number of benzene rings is 1. The fraction of sp³-hybridized carbons (Fsp3) is 0.300. The minimum absolute atomic E-state index is 0.239. The van der Waals surface area contributed by atoms with Gasteiger partial charge in [0.1, 0.15) is 0 Å². The van der Waals surface area contributed by atoms with Crippen molar-refractivity contribution in [3.63, 3.8) is 0 Å². The standard InChI is InChI=1S/C10H14N2O4S/c1-7(10(13)16-2)17(14,15)12-9-6-4-3-5-8(9)11/h3-7,12H,11H2,1-2H3. The molecule has 0 aliphatic carbocycles. The first kappa shape index (κ1) is 13.3. The van der Waals surface area contributed by atoms with Crippen LogP contribution in [-0.2, 0) is 19.6 Å². The van der Waals surface area contributed by atoms with E-state index in [9.17, 15) is 13.2 Å². The average molecular weight is 258 g/mol. The SMILES string of the molecule is COC(=O)C(C)S(=O)(=O)Nc1ccccc1N. The number of hydrogen-bond acceptors (Lipinski definition) is 5. The summed E-state index contributed by atoms with van der Waals surface area (Å²) in [5.41, 5.74) is 6.12. The number of hydrogen-bond donors (Lipinski definition) is 2. The van der Waals surface area contributed by atoms with Gasteiger partial charge in [0, 0.05) is 0 Å². The number of sulfonamides is 1. The van der Waals surface area contributed by atoms with Gasteiger partial charge in [-0.1, -0.05) is 12.1 Å². The molecular formula is C10H14N2O4S. The van der Waals surface area contributed by atoms with Gasteiger partial charge in [-0.05, 0) is 19.1 Å². The predicted octanol–water partition coefficient (Wildman–Crippen LogP) is 0.572. The van der Waals surface area contributed by atoms with Crippen LogP contribution >= 0.6 is 0 Å². The Morgan fingerprint density at radius 3 is 2.53 bits per heavy atom. The molecule has 7 heteroatoms. The second kappa shape index (κ2) is 5.05. The second-order valence-corrected chi connectivity index (χ2v) is 5.40. The fourth-order valence-corrected chi connectivity index (χ4v) is 2.14. The summed E-state index contributed by atoms with van der Waals surface area (Å²) in [6.45, 7) is 1.24. The number of methoxy groups -OCH3 is 1. The molecule has 0 aliphatic rings. The van der Waals surface area contributed by atoms with Gasteiger partial charge in [-0.25, -0.2) is 8.42 Å². The van der Waals surface area contributed by atoms with E-state index in [4.69, 9.17) is 5.73 Å². The molecule has 0 radical (unpaired) electrons. The van der Waals surface area contributed by atoms with E-state index >= 15 is 0 Å². The summed E-state index contributed by atoms with van der Waals surface area (Å²) < 4.78 is 30.2. The van der Waals surface area contributed by atoms with E-state index in [2.05, 4.69) is 9.46 Å². The zero-order valence-corrected chi connectivity index (χ0v) is 10.3. The number of nitrogen functional groups attached to an aromatic ring is 1. The van der Waals surface area contributed by atoms with Crippen LogP contribution in [0.1, 0.15) is 6.92 Å². The Hall–Kier alpha value is -1.76. The minimum Gasteiger partial charge on any atom is -0.468 e. The Balaban J connectivity index is 2.95. The molecule has 0 spiro atoms. The van der Waals surface area contributed by atoms with Crippen molar-refractivity contribution < 1.29 is 17.9 Å². The lowest BCUT2D eigenvalue weighted by Crippen LogP contribution is -2.33. The number of ether oxygens (including phenoxy) is 1. The van der Waals surface area contributed by atoms with Crippen LogP contribution in [0.25, 0.3) is 0 Å². The molecule has 0 saturated heterocycles. The van der Waals surface area contributed by atoms with Gasteiger partial charge < -0.3 is 10.5 Å². The van der Waals surface area contributed by atoms with Crippen molar-refractivity contribution in [2.75, 3.05) is 17.6 Å². The van der Waals surface area contributed by atoms with E-state index in [-0.39, 0.29) is 11.4 Å². The Kier molecular flexibility index (Phi) is 3.95. The lowest BCUT2D eigenvalue weighted by atomic mass is 10.3. The third-order valence-corrected chi connectivity index (χ3v) is 3.84. The molecule has 6 nitrogen and oxygen atoms in total. The summed E-state index contributed by atoms with van der Waals surface area (Å²) >= 11 is 0. The Morgan fingerprint density at radius 1 is 1.41 bits per heavy atom. The molecule has 1 rings (SSSR count). The summed E-state index contributed by atoms with van der Waals surface area (Å²) in [6, 6.07) is 6.38. The quantitative estimate of drug-likeness (QED) is 0.607. The lowest BCUT2D eigenvalue weighted by molar-refractivity contribution is -0.139. The van der Waals surface area contributed by atoms with Crippen molar-refractivity contribution in [2.45, 2.75) is 12.2 Å². The molecule has 0 bridgehead atoms. The highest BCUT2D eigenvalue weighted by Crippen LogP contribution is 2.19. The molecule has 1 unspecified atom stereocenters. The molecule has 0 heterocycles. The van der Waals surface area contributed by atoms with Crippen LogP contribution in [0.3, 0.4) is 0 Å². The van der Waals surface area contributed by atoms with Crippen LogP contribution in [0, 0.1) is 0 Å². The van der Waals surface area contributed by atoms with E-state index in [1.54, 1.807) is 18.2 Å². The number of para-hydroxylation sites is 2. The molecule has 3 N–H and O–H groups in total. The highest BCUT2D eigenvalue weighted by atomic mass is 32.2. The van der Waals surface area contributed by atoms with Crippen LogP contribution in [0.15, 0.2) is 24.3 Å². The van der Waals surface area contributed by atoms with Gasteiger partial charge in [-0.3, -0.25) is 9.52 Å². The lowest BCUT2D eigenvalue weighted by Gasteiger charge is -2.13. The van der Waals surface area contributed by atoms with Crippen LogP contribution in [-0.4, -0.2) is 26.7 Å². The summed E-state index contributed by atoms with van der Waals surface area (Å²) in [5.74, 6) is -0.827. The van der Waals surface area contributed by atoms with E-state index in [1.807, 2.05) is 0 Å². The summed E-state index contributed by atoms with van der Waals surface area (Å²) in [5, 5.41) is -1.30. The molecule has 0 aromatic heterocycles. The van der Waals surface area contributed by atoms with Gasteiger partial charge >= 0.3 is 5.97 Å². The maximum atomic E-state index is 11.8. The highest BCUT2D eigenvalue weighted by molar-refractivity contribution is 7.94. The van der Waals surface area contributed by atoms with Crippen molar-refractivity contribution in [1.29, 1.82) is 0 Å². The first-order valence-electron chi connectivity index (χ1n) is 4.82. The van der Waals surface area contributed by atoms with Gasteiger partial charge in [0.2, 0.25) is 10.0 Å². The molecule has 0 saturated carbocycles. The van der Waals surface area contributed by atoms with Crippen LogP contribution in [0.2, 0.25) is 0 Å². The van der Waals surface area contributed by atoms with Crippen LogP contribution in [0.4, 0.5) is 11.4 Å². The highest BCUT2D eigenvalue weighted by Gasteiger charge is 2.29. The van der Waals surface area contributed by atoms with E-state index in [1.165, 1.54) is 13.0 Å². The van der Waals surface area contributed by atoms with E-state index in [0.717, 1.165) is 7.11 Å². The maximum absolute atomic E-state index is 11.8. The third-order valence-electron chi connectivity index (χ3n) is 2.21. The number of nitrogens with two attached hydrogens (primary N) is 1. The largest absolute Gasteiger partial charge is 0.468 e. The number of carbonyl (C=O) groups excluding carboxylic acids is 1. The molecule has 1 atom stereocenters. The number of esters is 1. The maximum Gasteiger partial charge on any atom is 0.325 e. The van der Waals surface area contributed by atoms with Crippen molar-refractivity contribution in [3.8, 4) is 0 Å². The zero-order valence-electron chi connectivity index (χ0n) is 9.51. The van der Waals surface area contributed by atoms with E-state index < -0.39 is 21.2 Å². The third kappa shape index (κ3) is 3.10. The first-order valence-corrected chi connectivity index (χ1v) is 6.37. The first-order chi connectivity index (χ1) is 7.88. The Morgan fingerprint density at radius 2 is 2.00 bits per heavy atom. The Labute approximate surface area is 99.8 Å². The molecule has 1 aromatic carbocycles. The molecule has 94 valence electrons. The van der Waals surface area contributed by atoms with Gasteiger partial charge in [0.25, 0.3) is 0 Å². The zero-order chi connectivity index (χ0) is 13.1. The van der Waals surface area contributed by atoms with Crippen molar-refractivity contribution in [2.24, 2.45) is 0 Å². The smallest absolute Gasteiger partial charge is 0.325 e. The molecule has 1 aromatic rings. The van der Waals surface area contributed by atoms with Crippen LogP contribution < -0.4 is 10.5 Å². The summed E-state index contributed by atoms with van der Waals surface area (Å²) in [7, 11) is -2.72. The second-order valence-electron chi connectivity index (χ2n) is 3.40. The number of nitrogens with one attached hydrogen (secondary N) is 1.